The molecule has 0 spiro atoms. The van der Waals surface area contributed by atoms with Gasteiger partial charge in [0.1, 0.15) is 0 Å². The largest absolute Gasteiger partial charge is 0.439 e. The molecule has 1 heterocycles. The van der Waals surface area contributed by atoms with E-state index in [1.165, 1.54) is 0 Å². The smallest absolute Gasteiger partial charge is 0.409 e. The van der Waals surface area contributed by atoms with E-state index in [0.29, 0.717) is 0 Å². The molecule has 1 saturated heterocycles. The Morgan fingerprint density at radius 2 is 2.11 bits per heavy atom. The summed E-state index contributed by atoms with van der Waals surface area (Å²) < 4.78 is 4.35. The second-order valence-electron chi connectivity index (χ2n) is 1.53. The number of hydrogen-bond donors (Lipinski definition) is 2. The summed E-state index contributed by atoms with van der Waals surface area (Å²) >= 11 is 0. The predicted molar refractivity (Wildman–Crippen MR) is 27.5 cm³/mol. The number of amides is 2. The van der Waals surface area contributed by atoms with Gasteiger partial charge in [0.15, 0.2) is 6.61 Å². The molecule has 0 atom stereocenters. The van der Waals surface area contributed by atoms with Crippen molar-refractivity contribution < 1.29 is 14.3 Å². The van der Waals surface area contributed by atoms with Crippen molar-refractivity contribution in [3.05, 3.63) is 0 Å². The number of ether oxygens (including phenoxy) is 1. The highest BCUT2D eigenvalue weighted by Gasteiger charge is 2.10. The minimum Gasteiger partial charge on any atom is -0.439 e. The van der Waals surface area contributed by atoms with E-state index < -0.39 is 6.09 Å². The molecule has 1 aliphatic heterocycles. The lowest BCUT2D eigenvalue weighted by atomic mass is 10.7. The summed E-state index contributed by atoms with van der Waals surface area (Å²) in [5, 5.41) is 4.66. The lowest BCUT2D eigenvalue weighted by Gasteiger charge is -1.94. The molecule has 0 aliphatic carbocycles. The highest BCUT2D eigenvalue weighted by molar-refractivity contribution is 5.81. The predicted octanol–water partition coefficient (Wildman–Crippen LogP) is -1.20. The Morgan fingerprint density at radius 1 is 1.33 bits per heavy atom. The number of rotatable bonds is 0. The minimum absolute atomic E-state index is 0.150. The summed E-state index contributed by atoms with van der Waals surface area (Å²) in [6.45, 7) is -0.0382. The van der Waals surface area contributed by atoms with Gasteiger partial charge in [0, 0.05) is 0 Å². The maximum atomic E-state index is 10.4. The first-order valence-corrected chi connectivity index (χ1v) is 2.46. The summed E-state index contributed by atoms with van der Waals surface area (Å²) in [7, 11) is 0. The third-order valence-corrected chi connectivity index (χ3v) is 0.853. The maximum Gasteiger partial charge on any atom is 0.409 e. The second-order valence-corrected chi connectivity index (χ2v) is 1.53. The van der Waals surface area contributed by atoms with E-state index in [1.54, 1.807) is 0 Å². The van der Waals surface area contributed by atoms with Crippen LogP contribution in [0.25, 0.3) is 0 Å². The van der Waals surface area contributed by atoms with Gasteiger partial charge < -0.3 is 15.4 Å². The number of hydrogen-bond acceptors (Lipinski definition) is 3. The van der Waals surface area contributed by atoms with Gasteiger partial charge >= 0.3 is 6.09 Å². The fourth-order valence-corrected chi connectivity index (χ4v) is 0.448. The van der Waals surface area contributed by atoms with Crippen molar-refractivity contribution in [1.29, 1.82) is 0 Å². The quantitative estimate of drug-likeness (QED) is 0.432. The molecule has 0 saturated carbocycles. The van der Waals surface area contributed by atoms with Crippen LogP contribution in [0, 0.1) is 0 Å². The fraction of sp³-hybridized carbons (Fsp3) is 0.500. The molecule has 0 bridgehead atoms. The molecule has 5 heteroatoms. The summed E-state index contributed by atoms with van der Waals surface area (Å²) in [6.07, 6.45) is -0.562. The van der Waals surface area contributed by atoms with E-state index in [1.807, 2.05) is 0 Å². The molecule has 0 radical (unpaired) electrons. The zero-order chi connectivity index (χ0) is 6.69. The molecule has 50 valence electrons. The summed E-state index contributed by atoms with van der Waals surface area (Å²) in [5.41, 5.74) is 0. The Balaban J connectivity index is 2.43. The molecule has 9 heavy (non-hydrogen) atoms. The van der Waals surface area contributed by atoms with E-state index in [4.69, 9.17) is 0 Å². The van der Waals surface area contributed by atoms with Crippen LogP contribution in [-0.2, 0) is 9.53 Å². The maximum absolute atomic E-state index is 10.4. The standard InChI is InChI=1S/C4H6N2O3/c7-3-1-9-4(8)6-2-5-3/h1-2H2,(H,5,7)(H,6,8). The SMILES string of the molecule is O=C1COC(=O)NCN1. The van der Waals surface area contributed by atoms with Crippen LogP contribution in [0.15, 0.2) is 0 Å². The molecule has 5 nitrogen and oxygen atoms in total. The fourth-order valence-electron chi connectivity index (χ4n) is 0.448. The lowest BCUT2D eigenvalue weighted by molar-refractivity contribution is -0.123. The molecule has 1 rings (SSSR count). The molecule has 1 fully saturated rings. The molecule has 1 aliphatic rings. The van der Waals surface area contributed by atoms with Gasteiger partial charge in [-0.3, -0.25) is 4.79 Å². The molecule has 2 N–H and O–H groups in total. The summed E-state index contributed by atoms with van der Waals surface area (Å²) in [4.78, 5) is 20.7. The van der Waals surface area contributed by atoms with E-state index >= 15 is 0 Å². The number of carbonyl (C=O) groups is 2. The van der Waals surface area contributed by atoms with E-state index in [0.717, 1.165) is 0 Å². The van der Waals surface area contributed by atoms with Crippen LogP contribution in [0.4, 0.5) is 4.79 Å². The number of carbonyl (C=O) groups excluding carboxylic acids is 2. The van der Waals surface area contributed by atoms with E-state index in [9.17, 15) is 9.59 Å². The topological polar surface area (TPSA) is 67.4 Å². The van der Waals surface area contributed by atoms with Crippen molar-refractivity contribution in [3.63, 3.8) is 0 Å². The van der Waals surface area contributed by atoms with Gasteiger partial charge in [0.2, 0.25) is 0 Å². The average molecular weight is 130 g/mol. The Hall–Kier alpha value is -1.26. The first-order valence-electron chi connectivity index (χ1n) is 2.46. The van der Waals surface area contributed by atoms with Gasteiger partial charge in [-0.1, -0.05) is 0 Å². The number of nitrogens with one attached hydrogen (secondary N) is 2. The minimum atomic E-state index is -0.562. The average Bonchev–Trinajstić information content (AvgIpc) is 1.97. The van der Waals surface area contributed by atoms with Crippen LogP contribution in [0.3, 0.4) is 0 Å². The van der Waals surface area contributed by atoms with Crippen LogP contribution >= 0.6 is 0 Å². The second kappa shape index (κ2) is 2.34. The lowest BCUT2D eigenvalue weighted by Crippen LogP contribution is -2.32. The van der Waals surface area contributed by atoms with Crippen LogP contribution in [-0.4, -0.2) is 25.3 Å². The van der Waals surface area contributed by atoms with E-state index in [2.05, 4.69) is 15.4 Å². The van der Waals surface area contributed by atoms with Gasteiger partial charge in [-0.05, 0) is 0 Å². The Bertz CT molecular complexity index is 129. The van der Waals surface area contributed by atoms with Crippen LogP contribution in [0.2, 0.25) is 0 Å². The van der Waals surface area contributed by atoms with Crippen molar-refractivity contribution in [3.8, 4) is 0 Å². The molecular formula is C4H6N2O3. The van der Waals surface area contributed by atoms with Gasteiger partial charge in [0.05, 0.1) is 6.67 Å². The van der Waals surface area contributed by atoms with Crippen molar-refractivity contribution in [1.82, 2.24) is 10.6 Å². The monoisotopic (exact) mass is 130 g/mol. The molecule has 0 aromatic heterocycles. The Kier molecular flexibility index (Phi) is 1.53. The molecule has 0 aromatic rings. The van der Waals surface area contributed by atoms with Crippen LogP contribution in [0.5, 0.6) is 0 Å². The number of alkyl carbamates (subject to hydrolysis) is 1. The Labute approximate surface area is 51.4 Å². The van der Waals surface area contributed by atoms with Crippen molar-refractivity contribution in [2.24, 2.45) is 0 Å². The van der Waals surface area contributed by atoms with Gasteiger partial charge in [0.25, 0.3) is 5.91 Å². The van der Waals surface area contributed by atoms with Gasteiger partial charge in [-0.25, -0.2) is 4.79 Å². The third kappa shape index (κ3) is 1.60. The zero-order valence-electron chi connectivity index (χ0n) is 4.64. The van der Waals surface area contributed by atoms with Crippen LogP contribution in [0.1, 0.15) is 0 Å². The summed E-state index contributed by atoms with van der Waals surface area (Å²) in [6, 6.07) is 0. The first kappa shape index (κ1) is 5.87. The van der Waals surface area contributed by atoms with Crippen LogP contribution < -0.4 is 10.6 Å². The van der Waals surface area contributed by atoms with Gasteiger partial charge in [-0.2, -0.15) is 0 Å². The highest BCUT2D eigenvalue weighted by atomic mass is 16.6. The molecule has 0 aromatic carbocycles. The number of cyclic esters (lactones) is 1. The molecule has 0 unspecified atom stereocenters. The van der Waals surface area contributed by atoms with Crippen molar-refractivity contribution >= 4 is 12.0 Å². The summed E-state index contributed by atoms with van der Waals surface area (Å²) in [5.74, 6) is -0.284. The van der Waals surface area contributed by atoms with Crippen molar-refractivity contribution in [2.75, 3.05) is 13.3 Å². The third-order valence-electron chi connectivity index (χ3n) is 0.853. The normalized spacial score (nSPS) is 19.1. The first-order chi connectivity index (χ1) is 4.29. The van der Waals surface area contributed by atoms with Gasteiger partial charge in [-0.15, -0.1) is 0 Å². The zero-order valence-corrected chi connectivity index (χ0v) is 4.64. The molecule has 2 amide bonds. The van der Waals surface area contributed by atoms with E-state index in [-0.39, 0.29) is 19.2 Å². The Morgan fingerprint density at radius 3 is 2.89 bits per heavy atom. The molecular weight excluding hydrogens is 124 g/mol. The highest BCUT2D eigenvalue weighted by Crippen LogP contribution is 1.80. The van der Waals surface area contributed by atoms with Crippen molar-refractivity contribution in [2.45, 2.75) is 0 Å².